The smallest absolute Gasteiger partial charge is 0.413 e. The number of rotatable bonds is 2. The molecule has 0 bridgehead atoms. The number of hydrogen-bond acceptors (Lipinski definition) is 4. The lowest BCUT2D eigenvalue weighted by atomic mass is 10.2. The molecule has 1 atom stereocenters. The molecule has 1 unspecified atom stereocenters. The van der Waals surface area contributed by atoms with E-state index in [1.807, 2.05) is 20.8 Å². The molecule has 5 nitrogen and oxygen atoms in total. The number of nitrogens with zero attached hydrogens (tertiary/aromatic N) is 2. The first-order chi connectivity index (χ1) is 9.89. The Kier molecular flexibility index (Phi) is 4.37. The average Bonchev–Trinajstić information content (AvgIpc) is 2.34. The molecule has 1 aliphatic heterocycles. The zero-order valence-corrected chi connectivity index (χ0v) is 12.8. The van der Waals surface area contributed by atoms with Gasteiger partial charge in [0.2, 0.25) is 0 Å². The summed E-state index contributed by atoms with van der Waals surface area (Å²) in [6.45, 7) is 7.94. The van der Waals surface area contributed by atoms with Crippen LogP contribution in [-0.4, -0.2) is 34.4 Å². The molecule has 1 aromatic rings. The molecule has 1 amide bonds. The highest BCUT2D eigenvalue weighted by atomic mass is 16.6. The highest BCUT2D eigenvalue weighted by Crippen LogP contribution is 2.24. The van der Waals surface area contributed by atoms with E-state index in [-0.39, 0.29) is 12.3 Å². The first-order valence-electron chi connectivity index (χ1n) is 6.94. The Bertz CT molecular complexity index is 564. The fraction of sp³-hybridized carbons (Fsp3) is 0.500. The van der Waals surface area contributed by atoms with Crippen molar-refractivity contribution in [2.75, 3.05) is 6.54 Å². The molecule has 2 heterocycles. The summed E-state index contributed by atoms with van der Waals surface area (Å²) in [5.41, 5.74) is 0.196. The van der Waals surface area contributed by atoms with Crippen LogP contribution in [0.4, 0.5) is 4.79 Å². The highest BCUT2D eigenvalue weighted by Gasteiger charge is 2.36. The molecular weight excluding hydrogens is 268 g/mol. The standard InChI is InChI=1S/C16H20N2O3/c1-5-6-12-7-8-13(11-17-12)20-14-9-10-18(14)15(19)21-16(2,3)4/h7-8,11,14H,9-10H2,1-4H3. The maximum Gasteiger partial charge on any atom is 0.413 e. The largest absolute Gasteiger partial charge is 0.469 e. The van der Waals surface area contributed by atoms with E-state index in [4.69, 9.17) is 9.47 Å². The topological polar surface area (TPSA) is 51.7 Å². The van der Waals surface area contributed by atoms with Crippen molar-refractivity contribution >= 4 is 6.09 Å². The quantitative estimate of drug-likeness (QED) is 0.785. The second kappa shape index (κ2) is 6.04. The van der Waals surface area contributed by atoms with Crippen LogP contribution >= 0.6 is 0 Å². The second-order valence-electron chi connectivity index (χ2n) is 5.79. The summed E-state index contributed by atoms with van der Waals surface area (Å²) in [5.74, 6) is 6.28. The van der Waals surface area contributed by atoms with E-state index >= 15 is 0 Å². The van der Waals surface area contributed by atoms with Crippen molar-refractivity contribution in [1.82, 2.24) is 9.88 Å². The molecule has 0 radical (unpaired) electrons. The maximum atomic E-state index is 12.0. The molecule has 2 rings (SSSR count). The van der Waals surface area contributed by atoms with E-state index in [2.05, 4.69) is 16.8 Å². The van der Waals surface area contributed by atoms with E-state index in [9.17, 15) is 4.79 Å². The number of ether oxygens (including phenoxy) is 2. The lowest BCUT2D eigenvalue weighted by Gasteiger charge is -2.40. The van der Waals surface area contributed by atoms with Gasteiger partial charge in [0.1, 0.15) is 17.0 Å². The Morgan fingerprint density at radius 2 is 2.19 bits per heavy atom. The molecule has 1 aliphatic rings. The lowest BCUT2D eigenvalue weighted by molar-refractivity contribution is -0.0662. The van der Waals surface area contributed by atoms with Crippen LogP contribution in [0.2, 0.25) is 0 Å². The lowest BCUT2D eigenvalue weighted by Crippen LogP contribution is -2.55. The average molecular weight is 288 g/mol. The highest BCUT2D eigenvalue weighted by molar-refractivity contribution is 5.69. The van der Waals surface area contributed by atoms with Crippen LogP contribution in [0.25, 0.3) is 0 Å². The molecule has 1 fully saturated rings. The zero-order chi connectivity index (χ0) is 15.5. The van der Waals surface area contributed by atoms with Gasteiger partial charge in [-0.05, 0) is 45.7 Å². The Morgan fingerprint density at radius 3 is 2.67 bits per heavy atom. The van der Waals surface area contributed by atoms with Crippen LogP contribution in [0.3, 0.4) is 0 Å². The summed E-state index contributed by atoms with van der Waals surface area (Å²) in [6.07, 6.45) is 1.77. The van der Waals surface area contributed by atoms with Crippen LogP contribution in [0.15, 0.2) is 18.3 Å². The van der Waals surface area contributed by atoms with Gasteiger partial charge in [0.15, 0.2) is 6.23 Å². The molecule has 0 aromatic carbocycles. The monoisotopic (exact) mass is 288 g/mol. The fourth-order valence-electron chi connectivity index (χ4n) is 1.82. The Morgan fingerprint density at radius 1 is 1.43 bits per heavy atom. The zero-order valence-electron chi connectivity index (χ0n) is 12.8. The minimum atomic E-state index is -0.501. The van der Waals surface area contributed by atoms with Crippen molar-refractivity contribution in [3.05, 3.63) is 24.0 Å². The Balaban J connectivity index is 1.93. The molecule has 0 saturated carbocycles. The summed E-state index contributed by atoms with van der Waals surface area (Å²) in [4.78, 5) is 17.7. The number of pyridine rings is 1. The molecule has 112 valence electrons. The molecule has 0 spiro atoms. The van der Waals surface area contributed by atoms with E-state index in [1.165, 1.54) is 0 Å². The van der Waals surface area contributed by atoms with E-state index in [0.717, 1.165) is 6.42 Å². The first kappa shape index (κ1) is 15.2. The van der Waals surface area contributed by atoms with Crippen LogP contribution in [0.5, 0.6) is 5.75 Å². The number of aromatic nitrogens is 1. The SMILES string of the molecule is CC#Cc1ccc(OC2CCN2C(=O)OC(C)(C)C)cn1. The van der Waals surface area contributed by atoms with Gasteiger partial charge in [0.05, 0.1) is 6.20 Å². The van der Waals surface area contributed by atoms with Gasteiger partial charge in [0.25, 0.3) is 0 Å². The van der Waals surface area contributed by atoms with Gasteiger partial charge in [-0.1, -0.05) is 5.92 Å². The van der Waals surface area contributed by atoms with Crippen molar-refractivity contribution in [3.8, 4) is 17.6 Å². The van der Waals surface area contributed by atoms with Crippen molar-refractivity contribution in [3.63, 3.8) is 0 Å². The van der Waals surface area contributed by atoms with Gasteiger partial charge < -0.3 is 9.47 Å². The number of carbonyl (C=O) groups excluding carboxylic acids is 1. The van der Waals surface area contributed by atoms with Gasteiger partial charge in [0, 0.05) is 13.0 Å². The van der Waals surface area contributed by atoms with Gasteiger partial charge in [-0.2, -0.15) is 0 Å². The van der Waals surface area contributed by atoms with E-state index < -0.39 is 5.60 Å². The molecule has 1 saturated heterocycles. The summed E-state index contributed by atoms with van der Waals surface area (Å²) < 4.78 is 11.1. The second-order valence-corrected chi connectivity index (χ2v) is 5.79. The van der Waals surface area contributed by atoms with E-state index in [1.54, 1.807) is 30.2 Å². The predicted molar refractivity (Wildman–Crippen MR) is 78.8 cm³/mol. The summed E-state index contributed by atoms with van der Waals surface area (Å²) in [6, 6.07) is 3.60. The van der Waals surface area contributed by atoms with Gasteiger partial charge >= 0.3 is 6.09 Å². The van der Waals surface area contributed by atoms with Crippen LogP contribution < -0.4 is 4.74 Å². The van der Waals surface area contributed by atoms with Crippen molar-refractivity contribution in [2.45, 2.75) is 45.9 Å². The number of amides is 1. The normalized spacial score (nSPS) is 17.3. The van der Waals surface area contributed by atoms with Gasteiger partial charge in [-0.3, -0.25) is 4.90 Å². The van der Waals surface area contributed by atoms with Crippen molar-refractivity contribution in [1.29, 1.82) is 0 Å². The number of likely N-dealkylation sites (tertiary alicyclic amines) is 1. The Hall–Kier alpha value is -2.22. The third kappa shape index (κ3) is 4.12. The summed E-state index contributed by atoms with van der Waals surface area (Å²) in [7, 11) is 0. The molecule has 0 aliphatic carbocycles. The third-order valence-corrected chi connectivity index (χ3v) is 2.85. The van der Waals surface area contributed by atoms with Crippen molar-refractivity contribution < 1.29 is 14.3 Å². The minimum absolute atomic E-state index is 0.287. The van der Waals surface area contributed by atoms with Crippen LogP contribution in [-0.2, 0) is 4.74 Å². The molecule has 5 heteroatoms. The molecule has 0 N–H and O–H groups in total. The van der Waals surface area contributed by atoms with E-state index in [0.29, 0.717) is 18.0 Å². The number of carbonyl (C=O) groups is 1. The van der Waals surface area contributed by atoms with Crippen LogP contribution in [0.1, 0.15) is 39.8 Å². The summed E-state index contributed by atoms with van der Waals surface area (Å²) in [5, 5.41) is 0. The summed E-state index contributed by atoms with van der Waals surface area (Å²) >= 11 is 0. The first-order valence-corrected chi connectivity index (χ1v) is 6.94. The van der Waals surface area contributed by atoms with Gasteiger partial charge in [-0.15, -0.1) is 0 Å². The molecular formula is C16H20N2O3. The number of hydrogen-bond donors (Lipinski definition) is 0. The molecule has 1 aromatic heterocycles. The fourth-order valence-corrected chi connectivity index (χ4v) is 1.82. The predicted octanol–water partition coefficient (Wildman–Crippen LogP) is 2.80. The van der Waals surface area contributed by atoms with Gasteiger partial charge in [-0.25, -0.2) is 9.78 Å². The Labute approximate surface area is 125 Å². The molecule has 21 heavy (non-hydrogen) atoms. The maximum absolute atomic E-state index is 12.0. The van der Waals surface area contributed by atoms with Crippen molar-refractivity contribution in [2.24, 2.45) is 0 Å². The third-order valence-electron chi connectivity index (χ3n) is 2.85. The minimum Gasteiger partial charge on any atom is -0.469 e. The van der Waals surface area contributed by atoms with Crippen LogP contribution in [0, 0.1) is 11.8 Å².